The van der Waals surface area contributed by atoms with Crippen LogP contribution in [0, 0.1) is 11.8 Å². The number of nitrogens with zero attached hydrogens (tertiary/aromatic N) is 2. The minimum atomic E-state index is 0.172. The van der Waals surface area contributed by atoms with E-state index in [-0.39, 0.29) is 11.7 Å². The lowest BCUT2D eigenvalue weighted by molar-refractivity contribution is -0.108. The molecule has 4 rings (SSSR count). The number of ether oxygens (including phenoxy) is 1. The first kappa shape index (κ1) is 20.4. The van der Waals surface area contributed by atoms with Gasteiger partial charge < -0.3 is 19.5 Å². The molecule has 6 nitrogen and oxygen atoms in total. The second-order valence-electron chi connectivity index (χ2n) is 8.38. The molecular formula is C24H28N2O4. The number of carbonyl (C=O) groups excluding carboxylic acids is 2. The molecule has 2 fully saturated rings. The Hall–Kier alpha value is -2.89. The van der Waals surface area contributed by atoms with Gasteiger partial charge in [0.2, 0.25) is 5.88 Å². The molecule has 1 atom stereocenters. The maximum Gasteiger partial charge on any atom is 0.213 e. The number of aromatic hydroxyl groups is 1. The molecule has 1 unspecified atom stereocenters. The number of aromatic nitrogens is 1. The summed E-state index contributed by atoms with van der Waals surface area (Å²) < 4.78 is 6.01. The van der Waals surface area contributed by atoms with Gasteiger partial charge in [0.05, 0.1) is 12.3 Å². The number of piperidine rings is 1. The van der Waals surface area contributed by atoms with Gasteiger partial charge in [-0.25, -0.2) is 4.98 Å². The van der Waals surface area contributed by atoms with Crippen molar-refractivity contribution in [3.8, 4) is 11.6 Å². The highest BCUT2D eigenvalue weighted by molar-refractivity contribution is 5.85. The number of phenolic OH excluding ortho intramolecular Hbond substituents is 1. The number of pyridine rings is 1. The minimum absolute atomic E-state index is 0.172. The first-order valence-corrected chi connectivity index (χ1v) is 10.7. The second kappa shape index (κ2) is 9.28. The molecule has 1 aliphatic heterocycles. The highest BCUT2D eigenvalue weighted by Gasteiger charge is 2.32. The molecule has 1 saturated carbocycles. The second-order valence-corrected chi connectivity index (χ2v) is 8.38. The maximum absolute atomic E-state index is 11.3. The molecule has 0 spiro atoms. The van der Waals surface area contributed by atoms with Gasteiger partial charge in [-0.1, -0.05) is 0 Å². The summed E-state index contributed by atoms with van der Waals surface area (Å²) in [7, 11) is 0. The lowest BCUT2D eigenvalue weighted by Gasteiger charge is -2.34. The van der Waals surface area contributed by atoms with E-state index in [0.29, 0.717) is 36.3 Å². The van der Waals surface area contributed by atoms with Gasteiger partial charge in [-0.15, -0.1) is 0 Å². The molecule has 2 aromatic rings. The van der Waals surface area contributed by atoms with E-state index in [4.69, 9.17) is 4.74 Å². The van der Waals surface area contributed by atoms with Gasteiger partial charge >= 0.3 is 0 Å². The summed E-state index contributed by atoms with van der Waals surface area (Å²) in [6, 6.07) is 8.84. The molecule has 1 aliphatic carbocycles. The van der Waals surface area contributed by atoms with Crippen LogP contribution in [0.3, 0.4) is 0 Å². The predicted molar refractivity (Wildman–Crippen MR) is 114 cm³/mol. The third kappa shape index (κ3) is 4.81. The molecule has 0 radical (unpaired) electrons. The summed E-state index contributed by atoms with van der Waals surface area (Å²) in [4.78, 5) is 28.9. The third-order valence-corrected chi connectivity index (χ3v) is 6.29. The number of carbonyl (C=O) groups is 2. The molecular weight excluding hydrogens is 380 g/mol. The van der Waals surface area contributed by atoms with Crippen molar-refractivity contribution in [3.05, 3.63) is 47.7 Å². The molecule has 158 valence electrons. The zero-order chi connectivity index (χ0) is 20.9. The lowest BCUT2D eigenvalue weighted by atomic mass is 9.92. The summed E-state index contributed by atoms with van der Waals surface area (Å²) in [6.45, 7) is 2.23. The van der Waals surface area contributed by atoms with Crippen molar-refractivity contribution in [1.82, 2.24) is 4.98 Å². The monoisotopic (exact) mass is 408 g/mol. The Morgan fingerprint density at radius 3 is 2.63 bits per heavy atom. The molecule has 1 aromatic carbocycles. The average molecular weight is 408 g/mol. The Kier molecular flexibility index (Phi) is 6.31. The van der Waals surface area contributed by atoms with E-state index in [1.54, 1.807) is 18.3 Å². The number of benzene rings is 1. The Morgan fingerprint density at radius 1 is 1.13 bits per heavy atom. The highest BCUT2D eigenvalue weighted by atomic mass is 16.5. The number of rotatable bonds is 9. The molecule has 1 saturated heterocycles. The van der Waals surface area contributed by atoms with E-state index in [0.717, 1.165) is 49.8 Å². The van der Waals surface area contributed by atoms with Crippen LogP contribution in [0.1, 0.15) is 53.9 Å². The SMILES string of the molecule is O=CCC(c1ccnc(OCC2CCN(c3cc(O)ccc3C=O)CC2)c1)C1CC1. The molecule has 30 heavy (non-hydrogen) atoms. The average Bonchev–Trinajstić information content (AvgIpc) is 3.62. The van der Waals surface area contributed by atoms with E-state index in [2.05, 4.69) is 9.88 Å². The largest absolute Gasteiger partial charge is 0.508 e. The van der Waals surface area contributed by atoms with Crippen LogP contribution in [0.2, 0.25) is 0 Å². The minimum Gasteiger partial charge on any atom is -0.508 e. The van der Waals surface area contributed by atoms with Crippen LogP contribution >= 0.6 is 0 Å². The summed E-state index contributed by atoms with van der Waals surface area (Å²) in [5.74, 6) is 2.11. The van der Waals surface area contributed by atoms with Crippen molar-refractivity contribution in [1.29, 1.82) is 0 Å². The molecule has 1 N–H and O–H groups in total. The number of aldehydes is 2. The van der Waals surface area contributed by atoms with Crippen LogP contribution < -0.4 is 9.64 Å². The fourth-order valence-electron chi connectivity index (χ4n) is 4.39. The Labute approximate surface area is 176 Å². The van der Waals surface area contributed by atoms with E-state index >= 15 is 0 Å². The molecule has 2 heterocycles. The molecule has 1 aromatic heterocycles. The number of anilines is 1. The summed E-state index contributed by atoms with van der Waals surface area (Å²) in [6.07, 6.45) is 8.47. The van der Waals surface area contributed by atoms with Gasteiger partial charge in [0.15, 0.2) is 6.29 Å². The van der Waals surface area contributed by atoms with Gasteiger partial charge in [0.25, 0.3) is 0 Å². The Morgan fingerprint density at radius 2 is 1.93 bits per heavy atom. The standard InChI is InChI=1S/C24H28N2O4/c27-12-8-22(18-1-2-18)19-5-9-25-24(13-19)30-16-17-6-10-26(11-7-17)23-14-21(29)4-3-20(23)15-28/h3-5,9,12-15,17-18,22,29H,1-2,6-8,10-11,16H2. The Balaban J connectivity index is 1.32. The zero-order valence-corrected chi connectivity index (χ0v) is 17.1. The van der Waals surface area contributed by atoms with Gasteiger partial charge in [0, 0.05) is 43.4 Å². The van der Waals surface area contributed by atoms with Gasteiger partial charge in [-0.3, -0.25) is 4.79 Å². The van der Waals surface area contributed by atoms with Crippen molar-refractivity contribution in [3.63, 3.8) is 0 Å². The van der Waals surface area contributed by atoms with E-state index in [1.165, 1.54) is 18.9 Å². The predicted octanol–water partition coefficient (Wildman–Crippen LogP) is 3.98. The molecule has 0 amide bonds. The first-order chi connectivity index (χ1) is 14.7. The molecule has 0 bridgehead atoms. The number of hydrogen-bond acceptors (Lipinski definition) is 6. The maximum atomic E-state index is 11.3. The smallest absolute Gasteiger partial charge is 0.213 e. The highest BCUT2D eigenvalue weighted by Crippen LogP contribution is 2.44. The topological polar surface area (TPSA) is 79.7 Å². The van der Waals surface area contributed by atoms with Crippen LogP contribution in [0.25, 0.3) is 0 Å². The van der Waals surface area contributed by atoms with Crippen LogP contribution in [-0.2, 0) is 4.79 Å². The van der Waals surface area contributed by atoms with Crippen molar-refractivity contribution < 1.29 is 19.4 Å². The van der Waals surface area contributed by atoms with Crippen LogP contribution in [0.5, 0.6) is 11.6 Å². The molecule has 2 aliphatic rings. The summed E-state index contributed by atoms with van der Waals surface area (Å²) in [5, 5.41) is 9.77. The normalized spacial score (nSPS) is 18.1. The molecule has 6 heteroatoms. The van der Waals surface area contributed by atoms with Crippen LogP contribution in [-0.4, -0.2) is 42.4 Å². The Bertz CT molecular complexity index is 889. The van der Waals surface area contributed by atoms with Crippen LogP contribution in [0.4, 0.5) is 5.69 Å². The van der Waals surface area contributed by atoms with Gasteiger partial charge in [-0.05, 0) is 67.2 Å². The zero-order valence-electron chi connectivity index (χ0n) is 17.1. The summed E-state index contributed by atoms with van der Waals surface area (Å²) >= 11 is 0. The lowest BCUT2D eigenvalue weighted by Crippen LogP contribution is -2.36. The number of hydrogen-bond donors (Lipinski definition) is 1. The van der Waals surface area contributed by atoms with Crippen molar-refractivity contribution in [2.75, 3.05) is 24.6 Å². The van der Waals surface area contributed by atoms with Crippen LogP contribution in [0.15, 0.2) is 36.5 Å². The fraction of sp³-hybridized carbons (Fsp3) is 0.458. The first-order valence-electron chi connectivity index (χ1n) is 10.7. The third-order valence-electron chi connectivity index (χ3n) is 6.29. The quantitative estimate of drug-likeness (QED) is 0.632. The van der Waals surface area contributed by atoms with Gasteiger partial charge in [0.1, 0.15) is 12.0 Å². The number of phenols is 1. The summed E-state index contributed by atoms with van der Waals surface area (Å²) in [5.41, 5.74) is 2.54. The van der Waals surface area contributed by atoms with E-state index < -0.39 is 0 Å². The van der Waals surface area contributed by atoms with Crippen molar-refractivity contribution >= 4 is 18.3 Å². The van der Waals surface area contributed by atoms with Crippen molar-refractivity contribution in [2.24, 2.45) is 11.8 Å². The fourth-order valence-corrected chi connectivity index (χ4v) is 4.39. The van der Waals surface area contributed by atoms with E-state index in [9.17, 15) is 14.7 Å². The van der Waals surface area contributed by atoms with E-state index in [1.807, 2.05) is 12.1 Å². The van der Waals surface area contributed by atoms with Crippen molar-refractivity contribution in [2.45, 2.75) is 38.0 Å². The van der Waals surface area contributed by atoms with Gasteiger partial charge in [-0.2, -0.15) is 0 Å².